The molecule has 0 spiro atoms. The van der Waals surface area contributed by atoms with Crippen molar-refractivity contribution in [3.63, 3.8) is 0 Å². The fraction of sp³-hybridized carbons (Fsp3) is 0.182. The number of nitrogens with two attached hydrogens (primary N) is 1. The quantitative estimate of drug-likeness (QED) is 0.405. The molecule has 1 amide bonds. The minimum atomic E-state index is -3.82. The number of H-pyrrole nitrogens is 1. The molecule has 0 saturated heterocycles. The third-order valence-corrected chi connectivity index (χ3v) is 6.05. The molecule has 0 aliphatic carbocycles. The molecule has 0 atom stereocenters. The van der Waals surface area contributed by atoms with Crippen molar-refractivity contribution in [2.24, 2.45) is 5.14 Å². The van der Waals surface area contributed by atoms with Crippen molar-refractivity contribution in [3.05, 3.63) is 89.8 Å². The molecule has 2 aromatic carbocycles. The Balaban J connectivity index is 1.63. The number of likely N-dealkylation sites (N-methyl/N-ethyl adjacent to an activating group) is 1. The summed E-state index contributed by atoms with van der Waals surface area (Å²) in [5.74, 6) is 0.301. The molecule has 0 saturated carbocycles. The topological polar surface area (TPSA) is 140 Å². The summed E-state index contributed by atoms with van der Waals surface area (Å²) in [5.41, 5.74) is 2.56. The second-order valence-corrected chi connectivity index (χ2v) is 9.11. The second-order valence-electron chi connectivity index (χ2n) is 7.55. The average Bonchev–Trinajstić information content (AvgIpc) is 3.47. The summed E-state index contributed by atoms with van der Waals surface area (Å²) < 4.78 is 24.7. The lowest BCUT2D eigenvalue weighted by Gasteiger charge is -2.14. The highest BCUT2D eigenvalue weighted by atomic mass is 32.2. The largest absolute Gasteiger partial charge is 0.339 e. The fourth-order valence-electron chi connectivity index (χ4n) is 3.30. The summed E-state index contributed by atoms with van der Waals surface area (Å²) in [7, 11) is -2.12. The zero-order chi connectivity index (χ0) is 23.4. The molecule has 4 rings (SSSR count). The predicted molar refractivity (Wildman–Crippen MR) is 121 cm³/mol. The first-order valence-electron chi connectivity index (χ1n) is 10.2. The number of rotatable bonds is 8. The Labute approximate surface area is 191 Å². The molecule has 4 aromatic rings. The van der Waals surface area contributed by atoms with Crippen molar-refractivity contribution in [1.82, 2.24) is 29.9 Å². The van der Waals surface area contributed by atoms with Crippen LogP contribution in [-0.4, -0.2) is 57.8 Å². The number of benzene rings is 2. The molecule has 170 valence electrons. The molecule has 0 fully saturated rings. The first-order chi connectivity index (χ1) is 15.8. The fourth-order valence-corrected chi connectivity index (χ4v) is 3.81. The van der Waals surface area contributed by atoms with Crippen LogP contribution in [0.4, 0.5) is 0 Å². The summed E-state index contributed by atoms with van der Waals surface area (Å²) in [5, 5.41) is 16.3. The van der Waals surface area contributed by atoms with Gasteiger partial charge in [0, 0.05) is 26.2 Å². The first-order valence-corrected chi connectivity index (χ1v) is 11.7. The molecule has 0 radical (unpaired) electrons. The molecule has 2 heterocycles. The Morgan fingerprint density at radius 2 is 1.82 bits per heavy atom. The molecule has 33 heavy (non-hydrogen) atoms. The van der Waals surface area contributed by atoms with Crippen molar-refractivity contribution in [2.45, 2.75) is 17.7 Å². The third-order valence-electron chi connectivity index (χ3n) is 5.12. The lowest BCUT2D eigenvalue weighted by Crippen LogP contribution is -2.29. The molecule has 0 aliphatic heterocycles. The van der Waals surface area contributed by atoms with Crippen molar-refractivity contribution in [1.29, 1.82) is 0 Å². The average molecular weight is 466 g/mol. The number of nitrogens with zero attached hydrogens (tertiary/aromatic N) is 5. The van der Waals surface area contributed by atoms with Crippen molar-refractivity contribution < 1.29 is 13.2 Å². The van der Waals surface area contributed by atoms with Crippen LogP contribution in [0.2, 0.25) is 0 Å². The maximum Gasteiger partial charge on any atom is 0.293 e. The number of amides is 1. The number of aromatic amines is 1. The van der Waals surface area contributed by atoms with Gasteiger partial charge in [0.1, 0.15) is 5.82 Å². The van der Waals surface area contributed by atoms with Gasteiger partial charge in [0.15, 0.2) is 0 Å². The van der Waals surface area contributed by atoms with Crippen molar-refractivity contribution in [3.8, 4) is 5.69 Å². The lowest BCUT2D eigenvalue weighted by molar-refractivity contribution is 0.0784. The van der Waals surface area contributed by atoms with E-state index in [1.807, 2.05) is 30.3 Å². The van der Waals surface area contributed by atoms with Crippen molar-refractivity contribution in [2.75, 3.05) is 13.6 Å². The van der Waals surface area contributed by atoms with Gasteiger partial charge in [0.2, 0.25) is 15.8 Å². The third kappa shape index (κ3) is 5.33. The summed E-state index contributed by atoms with van der Waals surface area (Å²) in [6, 6.07) is 15.7. The molecule has 3 N–H and O–H groups in total. The van der Waals surface area contributed by atoms with Gasteiger partial charge >= 0.3 is 0 Å². The van der Waals surface area contributed by atoms with E-state index in [2.05, 4.69) is 20.3 Å². The van der Waals surface area contributed by atoms with Crippen LogP contribution in [-0.2, 0) is 22.9 Å². The smallest absolute Gasteiger partial charge is 0.293 e. The Hall–Kier alpha value is -3.83. The van der Waals surface area contributed by atoms with E-state index in [4.69, 9.17) is 5.14 Å². The van der Waals surface area contributed by atoms with Gasteiger partial charge in [-0.1, -0.05) is 30.3 Å². The van der Waals surface area contributed by atoms with Gasteiger partial charge in [-0.3, -0.25) is 9.89 Å². The van der Waals surface area contributed by atoms with Gasteiger partial charge in [-0.15, -0.1) is 5.10 Å². The number of primary sulfonamides is 1. The highest BCUT2D eigenvalue weighted by Crippen LogP contribution is 2.17. The minimum absolute atomic E-state index is 0.00810. The van der Waals surface area contributed by atoms with E-state index in [1.54, 1.807) is 41.2 Å². The number of sulfonamides is 1. The van der Waals surface area contributed by atoms with E-state index in [0.717, 1.165) is 11.1 Å². The van der Waals surface area contributed by atoms with Crippen LogP contribution in [0.1, 0.15) is 27.6 Å². The molecule has 0 aliphatic rings. The number of hydrogen-bond donors (Lipinski definition) is 2. The first kappa shape index (κ1) is 22.4. The Morgan fingerprint density at radius 3 is 2.45 bits per heavy atom. The zero-order valence-electron chi connectivity index (χ0n) is 17.9. The number of carbonyl (C=O) groups excluding carboxylic acids is 1. The number of hydrogen-bond acceptors (Lipinski definition) is 6. The van der Waals surface area contributed by atoms with Crippen LogP contribution in [0, 0.1) is 0 Å². The van der Waals surface area contributed by atoms with Gasteiger partial charge in [-0.05, 0) is 41.8 Å². The van der Waals surface area contributed by atoms with Crippen LogP contribution in [0.25, 0.3) is 5.69 Å². The number of carbonyl (C=O) groups is 1. The molecule has 2 aromatic heterocycles. The summed E-state index contributed by atoms with van der Waals surface area (Å²) in [6.45, 7) is 0.476. The normalized spacial score (nSPS) is 11.5. The summed E-state index contributed by atoms with van der Waals surface area (Å²) >= 11 is 0. The SMILES string of the molecule is CN(CCc1cn[nH]c1)C(=O)c1nc(Cc2ccccc2)n(-c2ccc(S(N)(=O)=O)cc2)n1. The predicted octanol–water partition coefficient (Wildman–Crippen LogP) is 1.54. The van der Waals surface area contributed by atoms with E-state index < -0.39 is 10.0 Å². The summed E-state index contributed by atoms with van der Waals surface area (Å²) in [4.78, 5) is 19.1. The molecule has 10 nitrogen and oxygen atoms in total. The monoisotopic (exact) mass is 465 g/mol. The Kier molecular flexibility index (Phi) is 6.33. The van der Waals surface area contributed by atoms with Crippen LogP contribution in [0.15, 0.2) is 71.9 Å². The maximum atomic E-state index is 13.0. The Bertz CT molecular complexity index is 1330. The minimum Gasteiger partial charge on any atom is -0.339 e. The molecular weight excluding hydrogens is 442 g/mol. The highest BCUT2D eigenvalue weighted by Gasteiger charge is 2.21. The van der Waals surface area contributed by atoms with Crippen LogP contribution >= 0.6 is 0 Å². The molecule has 11 heteroatoms. The maximum absolute atomic E-state index is 13.0. The van der Waals surface area contributed by atoms with Gasteiger partial charge in [0.25, 0.3) is 5.91 Å². The van der Waals surface area contributed by atoms with Crippen LogP contribution in [0.5, 0.6) is 0 Å². The van der Waals surface area contributed by atoms with E-state index >= 15 is 0 Å². The van der Waals surface area contributed by atoms with Crippen LogP contribution in [0.3, 0.4) is 0 Å². The molecular formula is C22H23N7O3S. The molecule has 0 bridgehead atoms. The second kappa shape index (κ2) is 9.35. The molecule has 0 unspecified atom stereocenters. The lowest BCUT2D eigenvalue weighted by atomic mass is 10.1. The number of nitrogens with one attached hydrogen (secondary N) is 1. The zero-order valence-corrected chi connectivity index (χ0v) is 18.7. The van der Waals surface area contributed by atoms with Gasteiger partial charge < -0.3 is 4.90 Å². The van der Waals surface area contributed by atoms with Gasteiger partial charge in [0.05, 0.1) is 16.8 Å². The van der Waals surface area contributed by atoms with E-state index in [1.165, 1.54) is 12.1 Å². The number of aromatic nitrogens is 5. The van der Waals surface area contributed by atoms with Crippen molar-refractivity contribution >= 4 is 15.9 Å². The van der Waals surface area contributed by atoms with Gasteiger partial charge in [-0.25, -0.2) is 23.2 Å². The highest BCUT2D eigenvalue weighted by molar-refractivity contribution is 7.89. The van der Waals surface area contributed by atoms with E-state index in [-0.39, 0.29) is 16.6 Å². The van der Waals surface area contributed by atoms with E-state index in [9.17, 15) is 13.2 Å². The van der Waals surface area contributed by atoms with E-state index in [0.29, 0.717) is 30.9 Å². The van der Waals surface area contributed by atoms with Gasteiger partial charge in [-0.2, -0.15) is 5.10 Å². The Morgan fingerprint density at radius 1 is 1.09 bits per heavy atom. The van der Waals surface area contributed by atoms with Crippen LogP contribution < -0.4 is 5.14 Å². The summed E-state index contributed by atoms with van der Waals surface area (Å²) in [6.07, 6.45) is 4.59. The standard InChI is InChI=1S/C22H23N7O3S/c1-28(12-11-17-14-24-25-15-17)22(30)21-26-20(13-16-5-3-2-4-6-16)29(27-21)18-7-9-19(10-8-18)33(23,31)32/h2-10,14-15H,11-13H2,1H3,(H,24,25)(H2,23,31,32).